The SMILES string of the molecule is Cc1cccc(N2C(=O)C[n+]3ccccc3C2C(=O)Nc2c(C)cccc2C)c1C. The summed E-state index contributed by atoms with van der Waals surface area (Å²) in [6, 6.07) is 16.7. The van der Waals surface area contributed by atoms with E-state index >= 15 is 0 Å². The molecule has 0 saturated heterocycles. The first kappa shape index (κ1) is 19.8. The van der Waals surface area contributed by atoms with Crippen LogP contribution in [-0.2, 0) is 16.1 Å². The maximum Gasteiger partial charge on any atom is 0.294 e. The number of fused-ring (bicyclic) bond motifs is 1. The van der Waals surface area contributed by atoms with Crippen molar-refractivity contribution in [2.75, 3.05) is 10.2 Å². The van der Waals surface area contributed by atoms with Gasteiger partial charge in [-0.1, -0.05) is 36.4 Å². The Bertz CT molecular complexity index is 1130. The van der Waals surface area contributed by atoms with Crippen molar-refractivity contribution in [1.29, 1.82) is 0 Å². The Balaban J connectivity index is 1.84. The molecule has 0 fully saturated rings. The van der Waals surface area contributed by atoms with E-state index in [2.05, 4.69) is 5.32 Å². The first-order chi connectivity index (χ1) is 14.4. The van der Waals surface area contributed by atoms with Crippen LogP contribution >= 0.6 is 0 Å². The van der Waals surface area contributed by atoms with Gasteiger partial charge in [-0.3, -0.25) is 14.5 Å². The Hall–Kier alpha value is -3.47. The summed E-state index contributed by atoms with van der Waals surface area (Å²) >= 11 is 0. The molecule has 1 aliphatic rings. The molecule has 5 nitrogen and oxygen atoms in total. The van der Waals surface area contributed by atoms with E-state index in [4.69, 9.17) is 0 Å². The number of para-hydroxylation sites is 1. The van der Waals surface area contributed by atoms with Crippen molar-refractivity contribution < 1.29 is 14.2 Å². The van der Waals surface area contributed by atoms with Crippen molar-refractivity contribution in [3.63, 3.8) is 0 Å². The van der Waals surface area contributed by atoms with Gasteiger partial charge in [0.25, 0.3) is 11.8 Å². The van der Waals surface area contributed by atoms with Gasteiger partial charge in [-0.2, -0.15) is 4.57 Å². The van der Waals surface area contributed by atoms with Crippen molar-refractivity contribution in [3.05, 3.63) is 88.7 Å². The molecule has 3 aromatic rings. The molecule has 2 heterocycles. The van der Waals surface area contributed by atoms with E-state index in [1.807, 2.05) is 93.1 Å². The van der Waals surface area contributed by atoms with Gasteiger partial charge in [0.2, 0.25) is 18.3 Å². The summed E-state index contributed by atoms with van der Waals surface area (Å²) in [6.45, 7) is 8.16. The Morgan fingerprint density at radius 2 is 1.60 bits per heavy atom. The van der Waals surface area contributed by atoms with Crippen LogP contribution in [0.2, 0.25) is 0 Å². The van der Waals surface area contributed by atoms with Gasteiger partial charge in [0.05, 0.1) is 0 Å². The fourth-order valence-corrected chi connectivity index (χ4v) is 4.10. The maximum atomic E-state index is 13.6. The minimum absolute atomic E-state index is 0.103. The molecule has 0 bridgehead atoms. The highest BCUT2D eigenvalue weighted by Gasteiger charge is 2.44. The first-order valence-corrected chi connectivity index (χ1v) is 10.1. The lowest BCUT2D eigenvalue weighted by atomic mass is 10.0. The summed E-state index contributed by atoms with van der Waals surface area (Å²) in [5.74, 6) is -0.324. The molecule has 0 spiro atoms. The second-order valence-electron chi connectivity index (χ2n) is 7.89. The maximum absolute atomic E-state index is 13.6. The molecule has 1 N–H and O–H groups in total. The van der Waals surface area contributed by atoms with Crippen molar-refractivity contribution in [2.24, 2.45) is 0 Å². The minimum atomic E-state index is -0.757. The van der Waals surface area contributed by atoms with E-state index < -0.39 is 6.04 Å². The number of hydrogen-bond acceptors (Lipinski definition) is 2. The summed E-state index contributed by atoms with van der Waals surface area (Å²) in [5.41, 5.74) is 6.43. The zero-order valence-electron chi connectivity index (χ0n) is 17.8. The van der Waals surface area contributed by atoms with E-state index in [0.717, 1.165) is 39.3 Å². The first-order valence-electron chi connectivity index (χ1n) is 10.1. The van der Waals surface area contributed by atoms with Crippen LogP contribution < -0.4 is 14.8 Å². The Morgan fingerprint density at radius 3 is 2.33 bits per heavy atom. The zero-order chi connectivity index (χ0) is 21.4. The van der Waals surface area contributed by atoms with Gasteiger partial charge in [0.15, 0.2) is 6.20 Å². The number of aromatic nitrogens is 1. The number of hydrogen-bond donors (Lipinski definition) is 1. The highest BCUT2D eigenvalue weighted by atomic mass is 16.2. The van der Waals surface area contributed by atoms with Crippen LogP contribution in [0.15, 0.2) is 60.8 Å². The molecule has 1 unspecified atom stereocenters. The van der Waals surface area contributed by atoms with Gasteiger partial charge in [-0.05, 0) is 56.0 Å². The lowest BCUT2D eigenvalue weighted by Gasteiger charge is -2.33. The number of rotatable bonds is 3. The minimum Gasteiger partial charge on any atom is -0.323 e. The smallest absolute Gasteiger partial charge is 0.294 e. The Morgan fingerprint density at radius 1 is 0.933 bits per heavy atom. The van der Waals surface area contributed by atoms with Crippen molar-refractivity contribution in [3.8, 4) is 0 Å². The van der Waals surface area contributed by atoms with Gasteiger partial charge in [-0.25, -0.2) is 0 Å². The number of nitrogens with one attached hydrogen (secondary N) is 1. The van der Waals surface area contributed by atoms with Gasteiger partial charge >= 0.3 is 0 Å². The van der Waals surface area contributed by atoms with E-state index in [1.54, 1.807) is 4.90 Å². The third-order valence-corrected chi connectivity index (χ3v) is 5.90. The van der Waals surface area contributed by atoms with Crippen molar-refractivity contribution in [1.82, 2.24) is 0 Å². The normalized spacial score (nSPS) is 15.7. The number of pyridine rings is 1. The molecule has 2 aromatic carbocycles. The highest BCUT2D eigenvalue weighted by molar-refractivity contribution is 6.06. The van der Waals surface area contributed by atoms with Gasteiger partial charge in [0.1, 0.15) is 0 Å². The predicted molar refractivity (Wildman–Crippen MR) is 117 cm³/mol. The molecule has 1 atom stereocenters. The third kappa shape index (κ3) is 3.36. The number of aryl methyl sites for hydroxylation is 3. The fraction of sp³-hybridized carbons (Fsp3) is 0.240. The summed E-state index contributed by atoms with van der Waals surface area (Å²) in [4.78, 5) is 28.5. The Kier molecular flexibility index (Phi) is 5.12. The lowest BCUT2D eigenvalue weighted by molar-refractivity contribution is -0.695. The van der Waals surface area contributed by atoms with Gasteiger partial charge < -0.3 is 5.32 Å². The van der Waals surface area contributed by atoms with E-state index in [0.29, 0.717) is 0 Å². The monoisotopic (exact) mass is 400 g/mol. The number of carbonyl (C=O) groups is 2. The zero-order valence-corrected chi connectivity index (χ0v) is 17.8. The summed E-state index contributed by atoms with van der Waals surface area (Å²) in [5, 5.41) is 3.10. The van der Waals surface area contributed by atoms with Crippen LogP contribution in [0.25, 0.3) is 0 Å². The second kappa shape index (κ2) is 7.75. The van der Waals surface area contributed by atoms with Crippen LogP contribution in [0, 0.1) is 27.7 Å². The molecule has 1 aliphatic heterocycles. The molecular weight excluding hydrogens is 374 g/mol. The molecule has 2 amide bonds. The quantitative estimate of drug-likeness (QED) is 0.677. The third-order valence-electron chi connectivity index (χ3n) is 5.90. The molecule has 1 aromatic heterocycles. The largest absolute Gasteiger partial charge is 0.323 e. The van der Waals surface area contributed by atoms with E-state index in [1.165, 1.54) is 0 Å². The van der Waals surface area contributed by atoms with Gasteiger partial charge in [-0.15, -0.1) is 0 Å². The molecule has 30 heavy (non-hydrogen) atoms. The number of nitrogens with zero attached hydrogens (tertiary/aromatic N) is 2. The molecule has 5 heteroatoms. The standard InChI is InChI=1S/C25H25N3O2/c1-16-9-8-13-20(19(16)4)28-22(29)15-27-14-6-5-12-21(27)24(28)25(30)26-23-17(2)10-7-11-18(23)3/h5-14,24H,15H2,1-4H3/p+1. The molecule has 0 aliphatic carbocycles. The Labute approximate surface area is 177 Å². The summed E-state index contributed by atoms with van der Waals surface area (Å²) < 4.78 is 1.86. The fourth-order valence-electron chi connectivity index (χ4n) is 4.10. The van der Waals surface area contributed by atoms with Crippen LogP contribution in [0.4, 0.5) is 11.4 Å². The highest BCUT2D eigenvalue weighted by Crippen LogP contribution is 2.33. The summed E-state index contributed by atoms with van der Waals surface area (Å²) in [6.07, 6.45) is 1.85. The molecule has 4 rings (SSSR count). The molecular formula is C25H26N3O2+. The van der Waals surface area contributed by atoms with E-state index in [-0.39, 0.29) is 18.4 Å². The second-order valence-corrected chi connectivity index (χ2v) is 7.89. The lowest BCUT2D eigenvalue weighted by Crippen LogP contribution is -2.58. The molecule has 0 saturated carbocycles. The average molecular weight is 401 g/mol. The van der Waals surface area contributed by atoms with Crippen molar-refractivity contribution in [2.45, 2.75) is 40.3 Å². The van der Waals surface area contributed by atoms with Gasteiger partial charge in [0, 0.05) is 23.5 Å². The van der Waals surface area contributed by atoms with Crippen LogP contribution in [-0.4, -0.2) is 11.8 Å². The average Bonchev–Trinajstić information content (AvgIpc) is 2.72. The number of carbonyl (C=O) groups excluding carboxylic acids is 2. The predicted octanol–water partition coefficient (Wildman–Crippen LogP) is 3.93. The summed E-state index contributed by atoms with van der Waals surface area (Å²) in [7, 11) is 0. The topological polar surface area (TPSA) is 53.3 Å². The number of amides is 2. The molecule has 152 valence electrons. The van der Waals surface area contributed by atoms with Crippen molar-refractivity contribution >= 4 is 23.2 Å². The van der Waals surface area contributed by atoms with E-state index in [9.17, 15) is 9.59 Å². The van der Waals surface area contributed by atoms with Crippen LogP contribution in [0.5, 0.6) is 0 Å². The molecule has 0 radical (unpaired) electrons. The number of benzene rings is 2. The van der Waals surface area contributed by atoms with Crippen LogP contribution in [0.1, 0.15) is 34.0 Å². The number of anilines is 2. The van der Waals surface area contributed by atoms with Crippen LogP contribution in [0.3, 0.4) is 0 Å².